The molecule has 0 spiro atoms. The molecule has 1 aliphatic carbocycles. The molecule has 144 valence electrons. The molecular formula is C24H27N3O. The lowest BCUT2D eigenvalue weighted by molar-refractivity contribution is 0.0943. The number of carbonyl (C=O) groups is 1. The molecule has 1 aromatic carbocycles. The van der Waals surface area contributed by atoms with Gasteiger partial charge in [0.25, 0.3) is 5.91 Å². The zero-order valence-corrected chi connectivity index (χ0v) is 16.3. The van der Waals surface area contributed by atoms with Crippen molar-refractivity contribution >= 4 is 5.91 Å². The van der Waals surface area contributed by atoms with E-state index >= 15 is 0 Å². The lowest BCUT2D eigenvalue weighted by Crippen LogP contribution is -2.31. The van der Waals surface area contributed by atoms with Gasteiger partial charge in [0.1, 0.15) is 0 Å². The molecule has 1 fully saturated rings. The van der Waals surface area contributed by atoms with Gasteiger partial charge in [-0.2, -0.15) is 0 Å². The predicted octanol–water partition coefficient (Wildman–Crippen LogP) is 4.79. The molecule has 0 aliphatic heterocycles. The zero-order chi connectivity index (χ0) is 19.3. The highest BCUT2D eigenvalue weighted by Crippen LogP contribution is 2.35. The largest absolute Gasteiger partial charge is 0.356 e. The van der Waals surface area contributed by atoms with Crippen LogP contribution in [0.1, 0.15) is 47.5 Å². The molecule has 0 atom stereocenters. The Morgan fingerprint density at radius 3 is 2.46 bits per heavy atom. The molecule has 1 saturated carbocycles. The van der Waals surface area contributed by atoms with Crippen molar-refractivity contribution in [1.82, 2.24) is 14.9 Å². The lowest BCUT2D eigenvalue weighted by atomic mass is 9.79. The highest BCUT2D eigenvalue weighted by Gasteiger charge is 2.23. The summed E-state index contributed by atoms with van der Waals surface area (Å²) in [7, 11) is 1.96. The number of carbonyl (C=O) groups excluding carboxylic acids is 1. The van der Waals surface area contributed by atoms with Crippen molar-refractivity contribution in [2.45, 2.75) is 31.6 Å². The third-order valence-electron chi connectivity index (χ3n) is 5.86. The normalized spacial score (nSPS) is 19.3. The summed E-state index contributed by atoms with van der Waals surface area (Å²) in [5, 5.41) is 3.18. The van der Waals surface area contributed by atoms with Crippen molar-refractivity contribution in [1.29, 1.82) is 0 Å². The van der Waals surface area contributed by atoms with Gasteiger partial charge < -0.3 is 9.88 Å². The third kappa shape index (κ3) is 4.16. The summed E-state index contributed by atoms with van der Waals surface area (Å²) < 4.78 is 1.96. The molecule has 1 aliphatic rings. The molecule has 1 N–H and O–H groups in total. The smallest absolute Gasteiger partial charge is 0.253 e. The van der Waals surface area contributed by atoms with E-state index in [1.165, 1.54) is 18.4 Å². The van der Waals surface area contributed by atoms with Gasteiger partial charge in [0.2, 0.25) is 0 Å². The highest BCUT2D eigenvalue weighted by molar-refractivity contribution is 6.00. The van der Waals surface area contributed by atoms with Gasteiger partial charge in [0, 0.05) is 43.9 Å². The molecule has 0 bridgehead atoms. The van der Waals surface area contributed by atoms with E-state index in [9.17, 15) is 4.79 Å². The van der Waals surface area contributed by atoms with Crippen LogP contribution < -0.4 is 5.32 Å². The van der Waals surface area contributed by atoms with Crippen LogP contribution in [-0.4, -0.2) is 22.0 Å². The molecule has 1 amide bonds. The van der Waals surface area contributed by atoms with Crippen LogP contribution in [0.2, 0.25) is 0 Å². The zero-order valence-electron chi connectivity index (χ0n) is 16.3. The maximum atomic E-state index is 12.8. The fourth-order valence-corrected chi connectivity index (χ4v) is 4.28. The number of amides is 1. The molecular weight excluding hydrogens is 346 g/mol. The Kier molecular flexibility index (Phi) is 5.56. The van der Waals surface area contributed by atoms with Gasteiger partial charge in [-0.25, -0.2) is 0 Å². The Balaban J connectivity index is 1.35. The molecule has 28 heavy (non-hydrogen) atoms. The van der Waals surface area contributed by atoms with Crippen LogP contribution in [0.15, 0.2) is 67.3 Å². The summed E-state index contributed by atoms with van der Waals surface area (Å²) in [6, 6.07) is 14.4. The van der Waals surface area contributed by atoms with Crippen molar-refractivity contribution in [3.05, 3.63) is 78.4 Å². The molecule has 2 heterocycles. The molecule has 4 heteroatoms. The van der Waals surface area contributed by atoms with E-state index in [0.29, 0.717) is 11.8 Å². The fraction of sp³-hybridized carbons (Fsp3) is 0.333. The SMILES string of the molecule is Cn1cc(C(=O)NCC2CCC(c3ccncc3)CC2)c(-c2ccccc2)c1. The van der Waals surface area contributed by atoms with Gasteiger partial charge in [-0.15, -0.1) is 0 Å². The number of rotatable bonds is 5. The molecule has 4 rings (SSSR count). The van der Waals surface area contributed by atoms with E-state index in [1.807, 2.05) is 66.7 Å². The monoisotopic (exact) mass is 373 g/mol. The van der Waals surface area contributed by atoms with E-state index in [0.717, 1.165) is 36.1 Å². The van der Waals surface area contributed by atoms with Crippen molar-refractivity contribution < 1.29 is 4.79 Å². The predicted molar refractivity (Wildman–Crippen MR) is 112 cm³/mol. The van der Waals surface area contributed by atoms with Crippen molar-refractivity contribution in [3.8, 4) is 11.1 Å². The van der Waals surface area contributed by atoms with E-state index in [2.05, 4.69) is 22.4 Å². The Hall–Kier alpha value is -2.88. The number of aryl methyl sites for hydroxylation is 1. The quantitative estimate of drug-likeness (QED) is 0.699. The van der Waals surface area contributed by atoms with Crippen LogP contribution in [-0.2, 0) is 7.05 Å². The first-order chi connectivity index (χ1) is 13.7. The number of benzene rings is 1. The second kappa shape index (κ2) is 8.42. The maximum absolute atomic E-state index is 12.8. The van der Waals surface area contributed by atoms with Crippen LogP contribution in [0, 0.1) is 5.92 Å². The summed E-state index contributed by atoms with van der Waals surface area (Å²) in [6.07, 6.45) is 12.4. The molecule has 2 aromatic heterocycles. The minimum absolute atomic E-state index is 0.0238. The summed E-state index contributed by atoms with van der Waals surface area (Å²) in [6.45, 7) is 0.755. The molecule has 0 saturated heterocycles. The Bertz CT molecular complexity index is 910. The standard InChI is InChI=1S/C24H27N3O/c1-27-16-22(21-5-3-2-4-6-21)23(17-27)24(28)26-15-18-7-9-19(10-8-18)20-11-13-25-14-12-20/h2-6,11-14,16-19H,7-10,15H2,1H3,(H,26,28). The minimum atomic E-state index is 0.0238. The first kappa shape index (κ1) is 18.5. The maximum Gasteiger partial charge on any atom is 0.253 e. The van der Waals surface area contributed by atoms with Gasteiger partial charge in [0.05, 0.1) is 5.56 Å². The highest BCUT2D eigenvalue weighted by atomic mass is 16.1. The van der Waals surface area contributed by atoms with E-state index in [-0.39, 0.29) is 5.91 Å². The van der Waals surface area contributed by atoms with Crippen LogP contribution >= 0.6 is 0 Å². The van der Waals surface area contributed by atoms with Gasteiger partial charge >= 0.3 is 0 Å². The molecule has 4 nitrogen and oxygen atoms in total. The van der Waals surface area contributed by atoms with Crippen molar-refractivity contribution in [2.24, 2.45) is 13.0 Å². The van der Waals surface area contributed by atoms with Gasteiger partial charge in [-0.3, -0.25) is 9.78 Å². The Morgan fingerprint density at radius 2 is 1.75 bits per heavy atom. The average molecular weight is 374 g/mol. The Labute approximate surface area is 166 Å². The van der Waals surface area contributed by atoms with Gasteiger partial charge in [-0.1, -0.05) is 30.3 Å². The number of pyridine rings is 1. The number of aromatic nitrogens is 2. The summed E-state index contributed by atoms with van der Waals surface area (Å²) in [5.74, 6) is 1.22. The second-order valence-electron chi connectivity index (χ2n) is 7.83. The summed E-state index contributed by atoms with van der Waals surface area (Å²) in [4.78, 5) is 17.0. The topological polar surface area (TPSA) is 46.9 Å². The molecule has 0 unspecified atom stereocenters. The number of nitrogens with zero attached hydrogens (tertiary/aromatic N) is 2. The van der Waals surface area contributed by atoms with Crippen molar-refractivity contribution in [3.63, 3.8) is 0 Å². The van der Waals surface area contributed by atoms with Gasteiger partial charge in [-0.05, 0) is 60.8 Å². The third-order valence-corrected chi connectivity index (χ3v) is 5.86. The number of hydrogen-bond donors (Lipinski definition) is 1. The van der Waals surface area contributed by atoms with E-state index < -0.39 is 0 Å². The van der Waals surface area contributed by atoms with Crippen LogP contribution in [0.25, 0.3) is 11.1 Å². The minimum Gasteiger partial charge on any atom is -0.356 e. The van der Waals surface area contributed by atoms with E-state index in [4.69, 9.17) is 0 Å². The van der Waals surface area contributed by atoms with Crippen molar-refractivity contribution in [2.75, 3.05) is 6.54 Å². The first-order valence-electron chi connectivity index (χ1n) is 10.1. The Morgan fingerprint density at radius 1 is 1.04 bits per heavy atom. The second-order valence-corrected chi connectivity index (χ2v) is 7.83. The first-order valence-corrected chi connectivity index (χ1v) is 10.1. The average Bonchev–Trinajstić information content (AvgIpc) is 3.15. The molecule has 3 aromatic rings. The summed E-state index contributed by atoms with van der Waals surface area (Å²) in [5.41, 5.74) is 4.21. The van der Waals surface area contributed by atoms with Crippen LogP contribution in [0.5, 0.6) is 0 Å². The summed E-state index contributed by atoms with van der Waals surface area (Å²) >= 11 is 0. The van der Waals surface area contributed by atoms with Crippen LogP contribution in [0.3, 0.4) is 0 Å². The molecule has 0 radical (unpaired) electrons. The number of hydrogen-bond acceptors (Lipinski definition) is 2. The fourth-order valence-electron chi connectivity index (χ4n) is 4.28. The number of nitrogens with one attached hydrogen (secondary N) is 1. The van der Waals surface area contributed by atoms with E-state index in [1.54, 1.807) is 0 Å². The lowest BCUT2D eigenvalue weighted by Gasteiger charge is -2.28. The van der Waals surface area contributed by atoms with Crippen LogP contribution in [0.4, 0.5) is 0 Å². The van der Waals surface area contributed by atoms with Gasteiger partial charge in [0.15, 0.2) is 0 Å².